The number of nitro groups is 1. The molecule has 0 radical (unpaired) electrons. The number of nitrogens with zero attached hydrogens (tertiary/aromatic N) is 2. The first kappa shape index (κ1) is 14.9. The maximum atomic E-state index is 10.6. The molecule has 0 aromatic heterocycles. The van der Waals surface area contributed by atoms with Gasteiger partial charge in [-0.15, -0.1) is 0 Å². The van der Waals surface area contributed by atoms with Crippen LogP contribution in [0.25, 0.3) is 0 Å². The molecule has 102 valence electrons. The minimum Gasteiger partial charge on any atom is -0.388 e. The summed E-state index contributed by atoms with van der Waals surface area (Å²) in [4.78, 5) is 10.1. The van der Waals surface area contributed by atoms with E-state index in [1.165, 1.54) is 18.2 Å². The van der Waals surface area contributed by atoms with E-state index in [-0.39, 0.29) is 11.3 Å². The number of benzene rings is 1. The molecule has 0 aliphatic rings. The van der Waals surface area contributed by atoms with Crippen molar-refractivity contribution in [2.45, 2.75) is 32.3 Å². The van der Waals surface area contributed by atoms with Crippen LogP contribution in [0.5, 0.6) is 0 Å². The second kappa shape index (κ2) is 6.16. The van der Waals surface area contributed by atoms with Crippen molar-refractivity contribution in [3.05, 3.63) is 33.9 Å². The Bertz CT molecular complexity index is 504. The maximum Gasteiger partial charge on any atom is 0.270 e. The number of non-ortho nitro benzene ring substituents is 1. The zero-order chi connectivity index (χ0) is 14.5. The fourth-order valence-corrected chi connectivity index (χ4v) is 1.65. The van der Waals surface area contributed by atoms with E-state index in [1.807, 2.05) is 19.9 Å². The highest BCUT2D eigenvalue weighted by atomic mass is 16.6. The van der Waals surface area contributed by atoms with Gasteiger partial charge in [0, 0.05) is 18.7 Å². The van der Waals surface area contributed by atoms with Crippen molar-refractivity contribution in [3.8, 4) is 6.07 Å². The molecule has 0 aliphatic carbocycles. The molecule has 6 nitrogen and oxygen atoms in total. The van der Waals surface area contributed by atoms with E-state index in [2.05, 4.69) is 5.32 Å². The molecule has 6 heteroatoms. The molecule has 2 N–H and O–H groups in total. The lowest BCUT2D eigenvalue weighted by Gasteiger charge is -2.26. The molecule has 0 saturated heterocycles. The van der Waals surface area contributed by atoms with Crippen molar-refractivity contribution >= 4 is 11.4 Å². The third-order valence-corrected chi connectivity index (χ3v) is 3.26. The van der Waals surface area contributed by atoms with Gasteiger partial charge in [0.15, 0.2) is 0 Å². The molecule has 0 aliphatic heterocycles. The van der Waals surface area contributed by atoms with E-state index in [4.69, 9.17) is 5.26 Å². The molecule has 1 aromatic rings. The molecule has 19 heavy (non-hydrogen) atoms. The molecule has 0 heterocycles. The Kier molecular flexibility index (Phi) is 4.84. The first-order valence-electron chi connectivity index (χ1n) is 6.10. The second-order valence-corrected chi connectivity index (χ2v) is 4.38. The summed E-state index contributed by atoms with van der Waals surface area (Å²) < 4.78 is 0. The van der Waals surface area contributed by atoms with Crippen molar-refractivity contribution in [1.82, 2.24) is 0 Å². The molecule has 0 saturated carbocycles. The highest BCUT2D eigenvalue weighted by molar-refractivity contribution is 5.61. The number of hydrogen-bond donors (Lipinski definition) is 2. The number of nitriles is 1. The molecule has 0 unspecified atom stereocenters. The van der Waals surface area contributed by atoms with E-state index >= 15 is 0 Å². The number of hydrogen-bond acceptors (Lipinski definition) is 5. The third-order valence-electron chi connectivity index (χ3n) is 3.26. The Balaban J connectivity index is 2.91. The summed E-state index contributed by atoms with van der Waals surface area (Å²) in [6, 6.07) is 5.96. The molecule has 0 atom stereocenters. The third kappa shape index (κ3) is 3.66. The Labute approximate surface area is 111 Å². The minimum absolute atomic E-state index is 0.122. The Hall–Kier alpha value is -2.13. The summed E-state index contributed by atoms with van der Waals surface area (Å²) in [5.41, 5.74) is -0.269. The summed E-state index contributed by atoms with van der Waals surface area (Å²) in [6.45, 7) is 4.06. The number of anilines is 1. The van der Waals surface area contributed by atoms with Crippen molar-refractivity contribution in [2.24, 2.45) is 0 Å². The van der Waals surface area contributed by atoms with Crippen LogP contribution in [0.15, 0.2) is 18.2 Å². The van der Waals surface area contributed by atoms with Crippen molar-refractivity contribution in [1.29, 1.82) is 5.26 Å². The largest absolute Gasteiger partial charge is 0.388 e. The van der Waals surface area contributed by atoms with E-state index < -0.39 is 10.5 Å². The molecular weight excluding hydrogens is 246 g/mol. The molecule has 0 bridgehead atoms. The van der Waals surface area contributed by atoms with Gasteiger partial charge in [-0.25, -0.2) is 0 Å². The summed E-state index contributed by atoms with van der Waals surface area (Å²) in [7, 11) is 0. The number of rotatable bonds is 6. The van der Waals surface area contributed by atoms with E-state index in [9.17, 15) is 15.2 Å². The van der Waals surface area contributed by atoms with Gasteiger partial charge in [0.1, 0.15) is 6.07 Å². The van der Waals surface area contributed by atoms with Gasteiger partial charge >= 0.3 is 0 Å². The zero-order valence-corrected chi connectivity index (χ0v) is 11.0. The van der Waals surface area contributed by atoms with E-state index in [0.717, 1.165) is 0 Å². The van der Waals surface area contributed by atoms with Gasteiger partial charge in [-0.2, -0.15) is 5.26 Å². The van der Waals surface area contributed by atoms with Crippen LogP contribution in [0, 0.1) is 21.4 Å². The number of nitro benzene ring substituents is 1. The predicted molar refractivity (Wildman–Crippen MR) is 71.8 cm³/mol. The Morgan fingerprint density at radius 1 is 1.47 bits per heavy atom. The summed E-state index contributed by atoms with van der Waals surface area (Å²) in [5, 5.41) is 32.7. The lowest BCUT2D eigenvalue weighted by Crippen LogP contribution is -2.35. The van der Waals surface area contributed by atoms with E-state index in [0.29, 0.717) is 25.1 Å². The van der Waals surface area contributed by atoms with Crippen LogP contribution in [-0.2, 0) is 0 Å². The standard InChI is InChI=1S/C13H17N3O3/c1-3-13(17,4-2)9-15-12-6-5-11(16(18)19)7-10(12)8-14/h5-7,15,17H,3-4,9H2,1-2H3. The van der Waals surface area contributed by atoms with Crippen LogP contribution in [0.3, 0.4) is 0 Å². The number of nitrogens with one attached hydrogen (secondary N) is 1. The monoisotopic (exact) mass is 263 g/mol. The molecule has 0 amide bonds. The average molecular weight is 263 g/mol. The fraction of sp³-hybridized carbons (Fsp3) is 0.462. The van der Waals surface area contributed by atoms with Crippen molar-refractivity contribution in [3.63, 3.8) is 0 Å². The Morgan fingerprint density at radius 3 is 2.58 bits per heavy atom. The van der Waals surface area contributed by atoms with Crippen molar-refractivity contribution in [2.75, 3.05) is 11.9 Å². The topological polar surface area (TPSA) is 99.2 Å². The van der Waals surface area contributed by atoms with Gasteiger partial charge in [-0.3, -0.25) is 10.1 Å². The summed E-state index contributed by atoms with van der Waals surface area (Å²) in [6.07, 6.45) is 1.18. The first-order valence-corrected chi connectivity index (χ1v) is 6.10. The lowest BCUT2D eigenvalue weighted by atomic mass is 9.97. The van der Waals surface area contributed by atoms with Crippen LogP contribution in [-0.4, -0.2) is 22.2 Å². The highest BCUT2D eigenvalue weighted by Gasteiger charge is 2.22. The van der Waals surface area contributed by atoms with Gasteiger partial charge in [-0.05, 0) is 18.9 Å². The zero-order valence-electron chi connectivity index (χ0n) is 11.0. The molecule has 0 fully saturated rings. The highest BCUT2D eigenvalue weighted by Crippen LogP contribution is 2.23. The van der Waals surface area contributed by atoms with Crippen LogP contribution in [0.4, 0.5) is 11.4 Å². The van der Waals surface area contributed by atoms with Gasteiger partial charge < -0.3 is 10.4 Å². The van der Waals surface area contributed by atoms with Crippen LogP contribution in [0.2, 0.25) is 0 Å². The van der Waals surface area contributed by atoms with Crippen LogP contribution < -0.4 is 5.32 Å². The quantitative estimate of drug-likeness (QED) is 0.606. The van der Waals surface area contributed by atoms with E-state index in [1.54, 1.807) is 0 Å². The fourth-order valence-electron chi connectivity index (χ4n) is 1.65. The van der Waals surface area contributed by atoms with Crippen LogP contribution >= 0.6 is 0 Å². The molecule has 1 aromatic carbocycles. The average Bonchev–Trinajstić information content (AvgIpc) is 2.44. The van der Waals surface area contributed by atoms with Gasteiger partial charge in [0.2, 0.25) is 0 Å². The maximum absolute atomic E-state index is 10.6. The predicted octanol–water partition coefficient (Wildman–Crippen LogP) is 2.43. The number of aliphatic hydroxyl groups is 1. The summed E-state index contributed by atoms with van der Waals surface area (Å²) in [5.74, 6) is 0. The molecular formula is C13H17N3O3. The molecule has 0 spiro atoms. The lowest BCUT2D eigenvalue weighted by molar-refractivity contribution is -0.384. The smallest absolute Gasteiger partial charge is 0.270 e. The normalized spacial score (nSPS) is 10.8. The van der Waals surface area contributed by atoms with Gasteiger partial charge in [0.05, 0.1) is 21.8 Å². The second-order valence-electron chi connectivity index (χ2n) is 4.38. The SMILES string of the molecule is CCC(O)(CC)CNc1ccc([N+](=O)[O-])cc1C#N. The summed E-state index contributed by atoms with van der Waals surface area (Å²) >= 11 is 0. The molecule has 1 rings (SSSR count). The van der Waals surface area contributed by atoms with Gasteiger partial charge in [-0.1, -0.05) is 13.8 Å². The first-order chi connectivity index (χ1) is 8.95. The van der Waals surface area contributed by atoms with Crippen molar-refractivity contribution < 1.29 is 10.0 Å². The minimum atomic E-state index is -0.839. The van der Waals surface area contributed by atoms with Crippen LogP contribution in [0.1, 0.15) is 32.3 Å². The Morgan fingerprint density at radius 2 is 2.11 bits per heavy atom. The van der Waals surface area contributed by atoms with Gasteiger partial charge in [0.25, 0.3) is 5.69 Å².